The van der Waals surface area contributed by atoms with Crippen molar-refractivity contribution in [3.8, 4) is 11.1 Å². The number of anilines is 1. The van der Waals surface area contributed by atoms with Crippen molar-refractivity contribution in [2.24, 2.45) is 0 Å². The largest absolute Gasteiger partial charge is 0.367 e. The van der Waals surface area contributed by atoms with Crippen molar-refractivity contribution in [3.63, 3.8) is 0 Å². The highest BCUT2D eigenvalue weighted by atomic mass is 35.5. The Balaban J connectivity index is 1.51. The number of hydrogen-bond acceptors (Lipinski definition) is 3. The van der Waals surface area contributed by atoms with Crippen LogP contribution in [-0.2, 0) is 4.79 Å². The van der Waals surface area contributed by atoms with Crippen molar-refractivity contribution < 1.29 is 9.18 Å². The number of halogens is 2. The van der Waals surface area contributed by atoms with Gasteiger partial charge in [0.2, 0.25) is 5.91 Å². The first-order chi connectivity index (χ1) is 16.5. The lowest BCUT2D eigenvalue weighted by molar-refractivity contribution is -0.137. The van der Waals surface area contributed by atoms with Gasteiger partial charge >= 0.3 is 0 Å². The predicted octanol–water partition coefficient (Wildman–Crippen LogP) is 5.88. The van der Waals surface area contributed by atoms with Gasteiger partial charge in [-0.05, 0) is 43.2 Å². The third-order valence-corrected chi connectivity index (χ3v) is 6.91. The Hall–Kier alpha value is -2.89. The van der Waals surface area contributed by atoms with Crippen LogP contribution in [0.3, 0.4) is 0 Å². The topological polar surface area (TPSA) is 26.8 Å². The highest BCUT2D eigenvalue weighted by Crippen LogP contribution is 2.32. The monoisotopic (exact) mass is 479 g/mol. The molecular formula is C28H31ClFN3O. The van der Waals surface area contributed by atoms with Crippen LogP contribution in [0.5, 0.6) is 0 Å². The third-order valence-electron chi connectivity index (χ3n) is 6.58. The van der Waals surface area contributed by atoms with E-state index >= 15 is 4.39 Å². The van der Waals surface area contributed by atoms with Gasteiger partial charge in [-0.3, -0.25) is 9.69 Å². The number of rotatable bonds is 7. The molecule has 34 heavy (non-hydrogen) atoms. The van der Waals surface area contributed by atoms with E-state index in [0.29, 0.717) is 50.0 Å². The third kappa shape index (κ3) is 5.11. The molecule has 0 bridgehead atoms. The van der Waals surface area contributed by atoms with E-state index < -0.39 is 0 Å². The maximum absolute atomic E-state index is 15.1. The molecule has 0 spiro atoms. The number of carbonyl (C=O) groups excluding carboxylic acids is 1. The molecule has 0 N–H and O–H groups in total. The van der Waals surface area contributed by atoms with Crippen molar-refractivity contribution >= 4 is 23.2 Å². The van der Waals surface area contributed by atoms with Gasteiger partial charge < -0.3 is 9.80 Å². The summed E-state index contributed by atoms with van der Waals surface area (Å²) in [4.78, 5) is 19.6. The molecule has 0 aliphatic carbocycles. The Morgan fingerprint density at radius 1 is 0.941 bits per heavy atom. The number of amides is 1. The maximum Gasteiger partial charge on any atom is 0.244 e. The summed E-state index contributed by atoms with van der Waals surface area (Å²) >= 11 is 6.30. The van der Waals surface area contributed by atoms with E-state index in [4.69, 9.17) is 11.6 Å². The number of carbonyl (C=O) groups is 1. The first-order valence-corrected chi connectivity index (χ1v) is 12.3. The van der Waals surface area contributed by atoms with Gasteiger partial charge in [-0.15, -0.1) is 0 Å². The Morgan fingerprint density at radius 2 is 1.59 bits per heavy atom. The molecule has 178 valence electrons. The van der Waals surface area contributed by atoms with Crippen molar-refractivity contribution in [2.45, 2.75) is 19.9 Å². The fourth-order valence-corrected chi connectivity index (χ4v) is 4.95. The molecule has 0 saturated carbocycles. The molecule has 3 aromatic carbocycles. The highest BCUT2D eigenvalue weighted by Gasteiger charge is 2.33. The maximum atomic E-state index is 15.1. The Morgan fingerprint density at radius 3 is 2.21 bits per heavy atom. The van der Waals surface area contributed by atoms with Gasteiger partial charge in [0, 0.05) is 49.9 Å². The second-order valence-corrected chi connectivity index (χ2v) is 8.90. The fraction of sp³-hybridized carbons (Fsp3) is 0.321. The number of hydrogen-bond donors (Lipinski definition) is 0. The summed E-state index contributed by atoms with van der Waals surface area (Å²) in [6.45, 7) is 8.04. The smallest absolute Gasteiger partial charge is 0.244 e. The van der Waals surface area contributed by atoms with E-state index in [1.54, 1.807) is 6.07 Å². The first kappa shape index (κ1) is 24.2. The van der Waals surface area contributed by atoms with Gasteiger partial charge in [0.1, 0.15) is 11.9 Å². The minimum absolute atomic E-state index is 0.125. The van der Waals surface area contributed by atoms with Gasteiger partial charge in [0.05, 0.1) is 5.69 Å². The number of likely N-dealkylation sites (N-methyl/N-ethyl adjacent to an activating group) is 1. The quantitative estimate of drug-likeness (QED) is 0.423. The Bertz CT molecular complexity index is 1110. The lowest BCUT2D eigenvalue weighted by Crippen LogP contribution is -2.51. The second-order valence-electron chi connectivity index (χ2n) is 8.49. The van der Waals surface area contributed by atoms with E-state index in [1.807, 2.05) is 85.5 Å². The van der Waals surface area contributed by atoms with Crippen molar-refractivity contribution in [1.29, 1.82) is 0 Å². The van der Waals surface area contributed by atoms with Crippen LogP contribution in [-0.4, -0.2) is 55.0 Å². The number of benzene rings is 3. The van der Waals surface area contributed by atoms with Crippen LogP contribution in [0.4, 0.5) is 10.1 Å². The molecule has 1 amide bonds. The van der Waals surface area contributed by atoms with Crippen LogP contribution in [0, 0.1) is 5.82 Å². The molecule has 1 unspecified atom stereocenters. The van der Waals surface area contributed by atoms with Crippen LogP contribution >= 0.6 is 11.6 Å². The van der Waals surface area contributed by atoms with Crippen LogP contribution in [0.15, 0.2) is 72.8 Å². The molecule has 1 heterocycles. The van der Waals surface area contributed by atoms with Crippen LogP contribution in [0.25, 0.3) is 11.1 Å². The molecule has 1 fully saturated rings. The molecule has 0 radical (unpaired) electrons. The number of piperazine rings is 1. The molecule has 1 aliphatic rings. The Kier molecular flexibility index (Phi) is 7.86. The van der Waals surface area contributed by atoms with Crippen molar-refractivity contribution in [3.05, 3.63) is 89.2 Å². The van der Waals surface area contributed by atoms with Crippen LogP contribution in [0.2, 0.25) is 5.02 Å². The zero-order valence-electron chi connectivity index (χ0n) is 19.8. The summed E-state index contributed by atoms with van der Waals surface area (Å²) in [6.07, 6.45) is 0. The molecule has 4 rings (SSSR count). The minimum atomic E-state index is -0.323. The lowest BCUT2D eigenvalue weighted by atomic mass is 10.0. The summed E-state index contributed by atoms with van der Waals surface area (Å²) in [5, 5.41) is 0.605. The molecule has 0 aromatic heterocycles. The van der Waals surface area contributed by atoms with Gasteiger partial charge in [-0.25, -0.2) is 4.39 Å². The molecular weight excluding hydrogens is 449 g/mol. The molecule has 1 saturated heterocycles. The van der Waals surface area contributed by atoms with Gasteiger partial charge in [-0.1, -0.05) is 66.2 Å². The molecule has 3 aromatic rings. The molecule has 4 nitrogen and oxygen atoms in total. The predicted molar refractivity (Wildman–Crippen MR) is 138 cm³/mol. The Labute approximate surface area is 206 Å². The number of nitrogens with zero attached hydrogens (tertiary/aromatic N) is 3. The van der Waals surface area contributed by atoms with Gasteiger partial charge in [-0.2, -0.15) is 0 Å². The summed E-state index contributed by atoms with van der Waals surface area (Å²) in [7, 11) is 0. The highest BCUT2D eigenvalue weighted by molar-refractivity contribution is 6.33. The zero-order chi connectivity index (χ0) is 24.1. The summed E-state index contributed by atoms with van der Waals surface area (Å²) < 4.78 is 15.1. The average molecular weight is 480 g/mol. The summed E-state index contributed by atoms with van der Waals surface area (Å²) in [5.41, 5.74) is 3.17. The molecule has 6 heteroatoms. The molecule has 1 atom stereocenters. The van der Waals surface area contributed by atoms with E-state index in [0.717, 1.165) is 16.7 Å². The van der Waals surface area contributed by atoms with Crippen molar-refractivity contribution in [1.82, 2.24) is 9.80 Å². The standard InChI is InChI=1S/C28H31ClFN3O/c1-3-31(4-2)28(34)27(21-10-6-5-7-11-21)33-18-16-32(17-19-33)26-15-14-22(20-25(26)30)23-12-8-9-13-24(23)29/h5-15,20,27H,3-4,16-19H2,1-2H3. The van der Waals surface area contributed by atoms with E-state index in [-0.39, 0.29) is 17.8 Å². The van der Waals surface area contributed by atoms with Crippen molar-refractivity contribution in [2.75, 3.05) is 44.2 Å². The van der Waals surface area contributed by atoms with Gasteiger partial charge in [0.15, 0.2) is 0 Å². The molecule has 1 aliphatic heterocycles. The summed E-state index contributed by atoms with van der Waals surface area (Å²) in [5.74, 6) is -0.135. The van der Waals surface area contributed by atoms with E-state index in [9.17, 15) is 4.79 Å². The summed E-state index contributed by atoms with van der Waals surface area (Å²) in [6, 6.07) is 22.4. The fourth-order valence-electron chi connectivity index (χ4n) is 4.70. The second kappa shape index (κ2) is 11.0. The minimum Gasteiger partial charge on any atom is -0.367 e. The first-order valence-electron chi connectivity index (χ1n) is 11.9. The SMILES string of the molecule is CCN(CC)C(=O)C(c1ccccc1)N1CCN(c2ccc(-c3ccccc3Cl)cc2F)CC1. The van der Waals surface area contributed by atoms with Gasteiger partial charge in [0.25, 0.3) is 0 Å². The normalized spacial score (nSPS) is 15.2. The lowest BCUT2D eigenvalue weighted by Gasteiger charge is -2.41. The van der Waals surface area contributed by atoms with E-state index in [1.165, 1.54) is 0 Å². The van der Waals surface area contributed by atoms with Crippen LogP contribution < -0.4 is 4.90 Å². The van der Waals surface area contributed by atoms with Crippen LogP contribution in [0.1, 0.15) is 25.5 Å². The average Bonchev–Trinajstić information content (AvgIpc) is 2.86. The zero-order valence-corrected chi connectivity index (χ0v) is 20.5. The van der Waals surface area contributed by atoms with E-state index in [2.05, 4.69) is 9.80 Å².